The molecule has 25 heavy (non-hydrogen) atoms. The molecule has 2 aliphatic rings. The number of piperidine rings is 1. The van der Waals surface area contributed by atoms with Crippen molar-refractivity contribution in [2.24, 2.45) is 10.9 Å². The standard InChI is InChI=1S/C17H22N6O2/c18-9-13-8-14(11-19-10-13)20-16(24)12-23-17(25)5-4-15(21-23)22-6-2-1-3-7-22/h4-5,8,11,13,16,20,24H,1-3,6-7,10,12H2. The maximum atomic E-state index is 12.0. The minimum atomic E-state index is -1.00. The number of aliphatic imine (C=N–C) groups is 1. The van der Waals surface area contributed by atoms with E-state index in [2.05, 4.69) is 26.4 Å². The molecule has 0 bridgehead atoms. The van der Waals surface area contributed by atoms with Gasteiger partial charge in [0.1, 0.15) is 12.0 Å². The van der Waals surface area contributed by atoms with Crippen molar-refractivity contribution in [2.75, 3.05) is 24.5 Å². The SMILES string of the molecule is N#CC1C=C(NC(O)Cn2nc(N3CCCCC3)ccc2=O)C=NC1. The summed E-state index contributed by atoms with van der Waals surface area (Å²) in [6.07, 6.45) is 5.77. The molecule has 2 atom stereocenters. The number of hydrogen-bond acceptors (Lipinski definition) is 7. The lowest BCUT2D eigenvalue weighted by molar-refractivity contribution is 0.125. The summed E-state index contributed by atoms with van der Waals surface area (Å²) in [5, 5.41) is 26.4. The van der Waals surface area contributed by atoms with Crippen LogP contribution in [0.5, 0.6) is 0 Å². The quantitative estimate of drug-likeness (QED) is 0.743. The number of anilines is 1. The van der Waals surface area contributed by atoms with Crippen molar-refractivity contribution < 1.29 is 5.11 Å². The molecule has 0 aromatic carbocycles. The molecule has 8 heteroatoms. The van der Waals surface area contributed by atoms with Crippen LogP contribution in [0.4, 0.5) is 5.82 Å². The summed E-state index contributed by atoms with van der Waals surface area (Å²) in [5.41, 5.74) is 0.313. The second kappa shape index (κ2) is 7.94. The Morgan fingerprint density at radius 2 is 2.16 bits per heavy atom. The summed E-state index contributed by atoms with van der Waals surface area (Å²) >= 11 is 0. The van der Waals surface area contributed by atoms with Gasteiger partial charge in [0, 0.05) is 25.4 Å². The van der Waals surface area contributed by atoms with Crippen LogP contribution in [-0.4, -0.2) is 47.0 Å². The van der Waals surface area contributed by atoms with Gasteiger partial charge in [0.15, 0.2) is 0 Å². The molecule has 3 rings (SSSR count). The van der Waals surface area contributed by atoms with Crippen LogP contribution in [0.25, 0.3) is 0 Å². The average molecular weight is 342 g/mol. The second-order valence-corrected chi connectivity index (χ2v) is 6.27. The maximum absolute atomic E-state index is 12.0. The molecule has 0 spiro atoms. The first-order chi connectivity index (χ1) is 12.2. The van der Waals surface area contributed by atoms with Gasteiger partial charge in [0.2, 0.25) is 0 Å². The van der Waals surface area contributed by atoms with Gasteiger partial charge in [-0.15, -0.1) is 0 Å². The van der Waals surface area contributed by atoms with Gasteiger partial charge in [-0.05, 0) is 31.4 Å². The lowest BCUT2D eigenvalue weighted by Gasteiger charge is -2.28. The Balaban J connectivity index is 1.67. The zero-order valence-electron chi connectivity index (χ0n) is 14.0. The van der Waals surface area contributed by atoms with Gasteiger partial charge in [-0.3, -0.25) is 9.79 Å². The lowest BCUT2D eigenvalue weighted by Crippen LogP contribution is -2.39. The summed E-state index contributed by atoms with van der Waals surface area (Å²) < 4.78 is 1.27. The van der Waals surface area contributed by atoms with Crippen LogP contribution >= 0.6 is 0 Å². The van der Waals surface area contributed by atoms with E-state index in [1.54, 1.807) is 18.4 Å². The second-order valence-electron chi connectivity index (χ2n) is 6.27. The van der Waals surface area contributed by atoms with E-state index in [0.29, 0.717) is 12.2 Å². The first kappa shape index (κ1) is 17.2. The predicted octanol–water partition coefficient (Wildman–Crippen LogP) is 0.250. The third-order valence-electron chi connectivity index (χ3n) is 4.29. The van der Waals surface area contributed by atoms with Crippen LogP contribution in [0.15, 0.2) is 33.7 Å². The molecular weight excluding hydrogens is 320 g/mol. The Morgan fingerprint density at radius 1 is 1.36 bits per heavy atom. The molecule has 8 nitrogen and oxygen atoms in total. The molecule has 0 amide bonds. The minimum Gasteiger partial charge on any atom is -0.372 e. The van der Waals surface area contributed by atoms with E-state index in [0.717, 1.165) is 31.7 Å². The Hall–Kier alpha value is -2.66. The largest absolute Gasteiger partial charge is 0.372 e. The van der Waals surface area contributed by atoms with Crippen LogP contribution < -0.4 is 15.8 Å². The fourth-order valence-corrected chi connectivity index (χ4v) is 3.00. The molecular formula is C17H22N6O2. The predicted molar refractivity (Wildman–Crippen MR) is 94.2 cm³/mol. The molecule has 0 saturated carbocycles. The van der Waals surface area contributed by atoms with Gasteiger partial charge in [0.25, 0.3) is 5.56 Å². The van der Waals surface area contributed by atoms with E-state index in [1.807, 2.05) is 0 Å². The number of aromatic nitrogens is 2. The number of aliphatic hydroxyl groups excluding tert-OH is 1. The number of nitrogens with one attached hydrogen (secondary N) is 1. The Kier molecular flexibility index (Phi) is 5.46. The first-order valence-electron chi connectivity index (χ1n) is 8.55. The van der Waals surface area contributed by atoms with Crippen LogP contribution in [0, 0.1) is 17.2 Å². The summed E-state index contributed by atoms with van der Waals surface area (Å²) in [4.78, 5) is 18.3. The van der Waals surface area contributed by atoms with Gasteiger partial charge in [-0.2, -0.15) is 10.4 Å². The molecule has 2 N–H and O–H groups in total. The number of allylic oxidation sites excluding steroid dienone is 1. The molecule has 2 unspecified atom stereocenters. The van der Waals surface area contributed by atoms with Gasteiger partial charge in [-0.25, -0.2) is 4.68 Å². The minimum absolute atomic E-state index is 0.0168. The molecule has 2 aliphatic heterocycles. The highest BCUT2D eigenvalue weighted by Crippen LogP contribution is 2.15. The van der Waals surface area contributed by atoms with Crippen molar-refractivity contribution in [3.63, 3.8) is 0 Å². The molecule has 1 aromatic heterocycles. The van der Waals surface area contributed by atoms with Gasteiger partial charge in [0.05, 0.1) is 30.8 Å². The van der Waals surface area contributed by atoms with Gasteiger partial charge in [-0.1, -0.05) is 0 Å². The number of rotatable bonds is 5. The van der Waals surface area contributed by atoms with Crippen LogP contribution in [0.2, 0.25) is 0 Å². The number of hydrogen-bond donors (Lipinski definition) is 2. The number of nitrogens with zero attached hydrogens (tertiary/aromatic N) is 5. The van der Waals surface area contributed by atoms with E-state index < -0.39 is 6.23 Å². The first-order valence-corrected chi connectivity index (χ1v) is 8.55. The van der Waals surface area contributed by atoms with Crippen molar-refractivity contribution in [3.05, 3.63) is 34.3 Å². The highest BCUT2D eigenvalue weighted by atomic mass is 16.3. The molecule has 0 radical (unpaired) electrons. The van der Waals surface area contributed by atoms with Crippen molar-refractivity contribution in [1.82, 2.24) is 15.1 Å². The summed E-state index contributed by atoms with van der Waals surface area (Å²) in [7, 11) is 0. The van der Waals surface area contributed by atoms with Crippen molar-refractivity contribution in [1.29, 1.82) is 5.26 Å². The fourth-order valence-electron chi connectivity index (χ4n) is 3.00. The lowest BCUT2D eigenvalue weighted by atomic mass is 10.1. The molecule has 0 aliphatic carbocycles. The number of dihydropyridines is 1. The zero-order chi connectivity index (χ0) is 17.6. The third-order valence-corrected chi connectivity index (χ3v) is 4.29. The van der Waals surface area contributed by atoms with Crippen molar-refractivity contribution >= 4 is 12.0 Å². The van der Waals surface area contributed by atoms with E-state index in [-0.39, 0.29) is 18.0 Å². The van der Waals surface area contributed by atoms with Crippen molar-refractivity contribution in [2.45, 2.75) is 32.0 Å². The zero-order valence-corrected chi connectivity index (χ0v) is 14.0. The molecule has 1 aromatic rings. The Morgan fingerprint density at radius 3 is 2.92 bits per heavy atom. The maximum Gasteiger partial charge on any atom is 0.267 e. The van der Waals surface area contributed by atoms with E-state index in [9.17, 15) is 9.90 Å². The topological polar surface area (TPSA) is 107 Å². The van der Waals surface area contributed by atoms with Gasteiger partial charge < -0.3 is 15.3 Å². The number of nitriles is 1. The van der Waals surface area contributed by atoms with Crippen LogP contribution in [0.3, 0.4) is 0 Å². The average Bonchev–Trinajstić information content (AvgIpc) is 2.64. The Labute approximate surface area is 146 Å². The summed E-state index contributed by atoms with van der Waals surface area (Å²) in [6.45, 7) is 2.31. The summed E-state index contributed by atoms with van der Waals surface area (Å²) in [6, 6.07) is 5.34. The monoisotopic (exact) mass is 342 g/mol. The molecule has 1 saturated heterocycles. The smallest absolute Gasteiger partial charge is 0.267 e. The molecule has 1 fully saturated rings. The third kappa shape index (κ3) is 4.45. The van der Waals surface area contributed by atoms with Crippen molar-refractivity contribution in [3.8, 4) is 6.07 Å². The van der Waals surface area contributed by atoms with Gasteiger partial charge >= 0.3 is 0 Å². The van der Waals surface area contributed by atoms with Crippen LogP contribution in [0.1, 0.15) is 19.3 Å². The Bertz CT molecular complexity index is 757. The van der Waals surface area contributed by atoms with E-state index >= 15 is 0 Å². The molecule has 132 valence electrons. The van der Waals surface area contributed by atoms with Crippen LogP contribution in [-0.2, 0) is 6.54 Å². The highest BCUT2D eigenvalue weighted by molar-refractivity contribution is 5.78. The number of aliphatic hydroxyl groups is 1. The van der Waals surface area contributed by atoms with E-state index in [1.165, 1.54) is 17.2 Å². The fraction of sp³-hybridized carbons (Fsp3) is 0.529. The highest BCUT2D eigenvalue weighted by Gasteiger charge is 2.16. The molecule has 3 heterocycles. The summed E-state index contributed by atoms with van der Waals surface area (Å²) in [5.74, 6) is 0.456. The van der Waals surface area contributed by atoms with E-state index in [4.69, 9.17) is 5.26 Å². The normalized spacial score (nSPS) is 21.4.